The molecule has 4 rings (SSSR count). The van der Waals surface area contributed by atoms with Crippen molar-refractivity contribution >= 4 is 22.9 Å². The van der Waals surface area contributed by atoms with E-state index in [0.29, 0.717) is 5.92 Å². The summed E-state index contributed by atoms with van der Waals surface area (Å²) >= 11 is 2.05. The standard InChI is InChI=1S/C18H19N3S/c1-13-4-6-15(7-5-13)21-17(14-8-11-22-12-9-14)20-16-3-2-10-19-18(16)21/h2-7,10,14H,8-9,11-12H2,1H3. The first-order chi connectivity index (χ1) is 10.8. The molecule has 1 fully saturated rings. The van der Waals surface area contributed by atoms with Gasteiger partial charge in [-0.1, -0.05) is 17.7 Å². The number of nitrogens with zero attached hydrogens (tertiary/aromatic N) is 3. The molecule has 0 N–H and O–H groups in total. The van der Waals surface area contributed by atoms with Gasteiger partial charge in [-0.15, -0.1) is 0 Å². The third-order valence-corrected chi connectivity index (χ3v) is 5.37. The maximum absolute atomic E-state index is 4.93. The molecule has 1 aliphatic heterocycles. The molecule has 0 saturated carbocycles. The number of thioether (sulfide) groups is 1. The fourth-order valence-corrected chi connectivity index (χ4v) is 4.21. The summed E-state index contributed by atoms with van der Waals surface area (Å²) < 4.78 is 2.26. The molecule has 3 heterocycles. The molecule has 0 aliphatic carbocycles. The van der Waals surface area contributed by atoms with Crippen LogP contribution in [0.4, 0.5) is 0 Å². The molecular weight excluding hydrogens is 290 g/mol. The van der Waals surface area contributed by atoms with Gasteiger partial charge in [-0.25, -0.2) is 9.97 Å². The first-order valence-corrected chi connectivity index (χ1v) is 8.96. The van der Waals surface area contributed by atoms with Crippen molar-refractivity contribution < 1.29 is 0 Å². The molecule has 2 aromatic heterocycles. The highest BCUT2D eigenvalue weighted by molar-refractivity contribution is 7.99. The summed E-state index contributed by atoms with van der Waals surface area (Å²) in [7, 11) is 0. The van der Waals surface area contributed by atoms with Crippen molar-refractivity contribution in [3.63, 3.8) is 0 Å². The van der Waals surface area contributed by atoms with Crippen molar-refractivity contribution in [3.8, 4) is 5.69 Å². The van der Waals surface area contributed by atoms with Crippen LogP contribution >= 0.6 is 11.8 Å². The minimum Gasteiger partial charge on any atom is -0.280 e. The predicted octanol–water partition coefficient (Wildman–Crippen LogP) is 4.34. The zero-order valence-corrected chi connectivity index (χ0v) is 13.5. The number of pyridine rings is 1. The van der Waals surface area contributed by atoms with Gasteiger partial charge in [0.2, 0.25) is 0 Å². The Bertz CT molecular complexity index is 786. The Morgan fingerprint density at radius 3 is 2.64 bits per heavy atom. The second kappa shape index (κ2) is 5.76. The summed E-state index contributed by atoms with van der Waals surface area (Å²) in [6.45, 7) is 2.12. The predicted molar refractivity (Wildman–Crippen MR) is 92.9 cm³/mol. The Kier molecular flexibility index (Phi) is 3.62. The average Bonchev–Trinajstić information content (AvgIpc) is 2.96. The van der Waals surface area contributed by atoms with Gasteiger partial charge in [-0.2, -0.15) is 11.8 Å². The third-order valence-electron chi connectivity index (χ3n) is 4.32. The van der Waals surface area contributed by atoms with Gasteiger partial charge in [0, 0.05) is 17.8 Å². The number of aryl methyl sites for hydroxylation is 1. The van der Waals surface area contributed by atoms with Crippen molar-refractivity contribution in [3.05, 3.63) is 54.0 Å². The quantitative estimate of drug-likeness (QED) is 0.705. The van der Waals surface area contributed by atoms with Crippen LogP contribution in [-0.4, -0.2) is 26.0 Å². The van der Waals surface area contributed by atoms with Crippen LogP contribution in [0.5, 0.6) is 0 Å². The summed E-state index contributed by atoms with van der Waals surface area (Å²) in [6, 6.07) is 12.7. The highest BCUT2D eigenvalue weighted by Gasteiger charge is 2.23. The van der Waals surface area contributed by atoms with E-state index in [1.54, 1.807) is 0 Å². The van der Waals surface area contributed by atoms with Crippen LogP contribution in [0.3, 0.4) is 0 Å². The zero-order valence-electron chi connectivity index (χ0n) is 12.7. The monoisotopic (exact) mass is 309 g/mol. The summed E-state index contributed by atoms with van der Waals surface area (Å²) in [4.78, 5) is 9.52. The van der Waals surface area contributed by atoms with Crippen LogP contribution in [0.2, 0.25) is 0 Å². The van der Waals surface area contributed by atoms with Crippen LogP contribution in [0, 0.1) is 6.92 Å². The van der Waals surface area contributed by atoms with Crippen LogP contribution in [0.1, 0.15) is 30.1 Å². The molecule has 0 atom stereocenters. The van der Waals surface area contributed by atoms with Gasteiger partial charge in [0.15, 0.2) is 5.65 Å². The highest BCUT2D eigenvalue weighted by Crippen LogP contribution is 2.34. The lowest BCUT2D eigenvalue weighted by Gasteiger charge is -2.22. The van der Waals surface area contributed by atoms with Crippen molar-refractivity contribution in [2.24, 2.45) is 0 Å². The topological polar surface area (TPSA) is 30.7 Å². The number of aromatic nitrogens is 3. The van der Waals surface area contributed by atoms with Crippen molar-refractivity contribution in [2.75, 3.05) is 11.5 Å². The van der Waals surface area contributed by atoms with Gasteiger partial charge < -0.3 is 0 Å². The maximum Gasteiger partial charge on any atom is 0.164 e. The van der Waals surface area contributed by atoms with E-state index in [1.807, 2.05) is 12.3 Å². The van der Waals surface area contributed by atoms with E-state index in [9.17, 15) is 0 Å². The molecule has 4 heteroatoms. The lowest BCUT2D eigenvalue weighted by Crippen LogP contribution is -2.13. The van der Waals surface area contributed by atoms with Gasteiger partial charge in [-0.3, -0.25) is 4.57 Å². The van der Waals surface area contributed by atoms with Crippen molar-refractivity contribution in [1.82, 2.24) is 14.5 Å². The molecular formula is C18H19N3S. The Morgan fingerprint density at radius 1 is 1.09 bits per heavy atom. The number of hydrogen-bond donors (Lipinski definition) is 0. The average molecular weight is 309 g/mol. The molecule has 1 aliphatic rings. The van der Waals surface area contributed by atoms with Gasteiger partial charge >= 0.3 is 0 Å². The Morgan fingerprint density at radius 2 is 1.86 bits per heavy atom. The Balaban J connectivity index is 1.91. The van der Waals surface area contributed by atoms with Gasteiger partial charge in [0.05, 0.1) is 0 Å². The van der Waals surface area contributed by atoms with E-state index in [4.69, 9.17) is 4.98 Å². The van der Waals surface area contributed by atoms with E-state index in [2.05, 4.69) is 58.6 Å². The Hall–Kier alpha value is -1.81. The minimum atomic E-state index is 0.539. The van der Waals surface area contributed by atoms with E-state index < -0.39 is 0 Å². The van der Waals surface area contributed by atoms with Gasteiger partial charge in [0.1, 0.15) is 11.3 Å². The molecule has 0 amide bonds. The molecule has 3 aromatic rings. The molecule has 0 unspecified atom stereocenters. The van der Waals surface area contributed by atoms with Crippen LogP contribution in [0.25, 0.3) is 16.9 Å². The van der Waals surface area contributed by atoms with Gasteiger partial charge in [0.25, 0.3) is 0 Å². The molecule has 3 nitrogen and oxygen atoms in total. The number of imidazole rings is 1. The second-order valence-corrected chi connectivity index (χ2v) is 7.10. The molecule has 1 saturated heterocycles. The molecule has 0 spiro atoms. The van der Waals surface area contributed by atoms with Crippen LogP contribution in [-0.2, 0) is 0 Å². The minimum absolute atomic E-state index is 0.539. The lowest BCUT2D eigenvalue weighted by molar-refractivity contribution is 0.592. The summed E-state index contributed by atoms with van der Waals surface area (Å²) in [5, 5.41) is 0. The van der Waals surface area contributed by atoms with Crippen LogP contribution in [0.15, 0.2) is 42.6 Å². The highest BCUT2D eigenvalue weighted by atomic mass is 32.2. The molecule has 0 bridgehead atoms. The second-order valence-electron chi connectivity index (χ2n) is 5.87. The summed E-state index contributed by atoms with van der Waals surface area (Å²) in [5.74, 6) is 4.18. The smallest absolute Gasteiger partial charge is 0.164 e. The summed E-state index contributed by atoms with van der Waals surface area (Å²) in [6.07, 6.45) is 4.27. The number of benzene rings is 1. The molecule has 22 heavy (non-hydrogen) atoms. The summed E-state index contributed by atoms with van der Waals surface area (Å²) in [5.41, 5.74) is 4.41. The fraction of sp³-hybridized carbons (Fsp3) is 0.333. The third kappa shape index (κ3) is 2.41. The lowest BCUT2D eigenvalue weighted by atomic mass is 10.0. The first kappa shape index (κ1) is 13.8. The molecule has 0 radical (unpaired) electrons. The number of rotatable bonds is 2. The SMILES string of the molecule is Cc1ccc(-n2c(C3CCSCC3)nc3cccnc32)cc1. The number of hydrogen-bond acceptors (Lipinski definition) is 3. The largest absolute Gasteiger partial charge is 0.280 e. The Labute approximate surface area is 134 Å². The van der Waals surface area contributed by atoms with Gasteiger partial charge in [-0.05, 0) is 55.5 Å². The molecule has 1 aromatic carbocycles. The van der Waals surface area contributed by atoms with E-state index in [-0.39, 0.29) is 0 Å². The van der Waals surface area contributed by atoms with E-state index in [1.165, 1.54) is 41.4 Å². The first-order valence-electron chi connectivity index (χ1n) is 7.81. The normalized spacial score (nSPS) is 16.2. The maximum atomic E-state index is 4.93. The number of fused-ring (bicyclic) bond motifs is 1. The van der Waals surface area contributed by atoms with E-state index >= 15 is 0 Å². The fourth-order valence-electron chi connectivity index (χ4n) is 3.11. The van der Waals surface area contributed by atoms with E-state index in [0.717, 1.165) is 11.2 Å². The van der Waals surface area contributed by atoms with Crippen molar-refractivity contribution in [2.45, 2.75) is 25.7 Å². The molecule has 112 valence electrons. The van der Waals surface area contributed by atoms with Crippen molar-refractivity contribution in [1.29, 1.82) is 0 Å². The van der Waals surface area contributed by atoms with Crippen LogP contribution < -0.4 is 0 Å². The zero-order chi connectivity index (χ0) is 14.9.